The summed E-state index contributed by atoms with van der Waals surface area (Å²) in [7, 11) is -3.45. The number of aryl methyl sites for hydroxylation is 1. The summed E-state index contributed by atoms with van der Waals surface area (Å²) in [5.74, 6) is 0.166. The van der Waals surface area contributed by atoms with Crippen LogP contribution in [0.3, 0.4) is 0 Å². The van der Waals surface area contributed by atoms with Crippen LogP contribution in [0.15, 0.2) is 46.0 Å². The van der Waals surface area contributed by atoms with E-state index in [0.717, 1.165) is 29.8 Å². The third-order valence-electron chi connectivity index (χ3n) is 5.30. The molecule has 1 amide bonds. The van der Waals surface area contributed by atoms with Gasteiger partial charge >= 0.3 is 0 Å². The largest absolute Gasteiger partial charge is 0.343 e. The highest BCUT2D eigenvalue weighted by Gasteiger charge is 2.26. The first-order valence-corrected chi connectivity index (χ1v) is 13.4. The number of hydrogen-bond donors (Lipinski definition) is 1. The fourth-order valence-electron chi connectivity index (χ4n) is 3.68. The number of aromatic nitrogens is 1. The molecule has 0 radical (unpaired) electrons. The van der Waals surface area contributed by atoms with Crippen LogP contribution in [-0.4, -0.2) is 43.3 Å². The molecule has 1 saturated heterocycles. The van der Waals surface area contributed by atoms with Crippen LogP contribution in [0.25, 0.3) is 10.2 Å². The number of benzene rings is 1. The Morgan fingerprint density at radius 1 is 1.13 bits per heavy atom. The maximum atomic E-state index is 12.5. The fraction of sp³-hybridized carbons (Fsp3) is 0.429. The molecule has 4 rings (SSSR count). The Labute approximate surface area is 185 Å². The van der Waals surface area contributed by atoms with E-state index in [1.807, 2.05) is 23.1 Å². The highest BCUT2D eigenvalue weighted by atomic mass is 32.2. The van der Waals surface area contributed by atoms with E-state index in [1.54, 1.807) is 28.8 Å². The predicted molar refractivity (Wildman–Crippen MR) is 121 cm³/mol. The molecular weight excluding hydrogens is 438 g/mol. The van der Waals surface area contributed by atoms with E-state index in [4.69, 9.17) is 0 Å². The van der Waals surface area contributed by atoms with Gasteiger partial charge in [-0.05, 0) is 55.7 Å². The molecule has 1 aliphatic heterocycles. The van der Waals surface area contributed by atoms with Gasteiger partial charge in [-0.2, -0.15) is 0 Å². The first-order chi connectivity index (χ1) is 14.5. The second-order valence-corrected chi connectivity index (χ2v) is 11.5. The average Bonchev–Trinajstić information content (AvgIpc) is 3.41. The first kappa shape index (κ1) is 21.4. The van der Waals surface area contributed by atoms with Crippen molar-refractivity contribution in [3.63, 3.8) is 0 Å². The molecule has 0 atom stereocenters. The number of likely N-dealkylation sites (tertiary alicyclic amines) is 1. The van der Waals surface area contributed by atoms with Crippen LogP contribution in [0.4, 0.5) is 0 Å². The van der Waals surface area contributed by atoms with Crippen molar-refractivity contribution in [2.45, 2.75) is 48.8 Å². The zero-order valence-corrected chi connectivity index (χ0v) is 19.1. The quantitative estimate of drug-likeness (QED) is 0.511. The third kappa shape index (κ3) is 5.26. The van der Waals surface area contributed by atoms with Crippen molar-refractivity contribution in [1.29, 1.82) is 0 Å². The molecule has 0 bridgehead atoms. The van der Waals surface area contributed by atoms with Crippen molar-refractivity contribution in [2.75, 3.05) is 13.1 Å². The molecule has 0 spiro atoms. The Hall–Kier alpha value is -1.81. The molecule has 1 aliphatic rings. The second-order valence-electron chi connectivity index (χ2n) is 7.49. The SMILES string of the molecule is O=C(CCCCc1nc2ccccc2s1)N1CCC(NS(=O)(=O)c2cccs2)CC1. The van der Waals surface area contributed by atoms with Crippen molar-refractivity contribution in [1.82, 2.24) is 14.6 Å². The number of thiophene rings is 1. The number of unbranched alkanes of at least 4 members (excludes halogenated alkanes) is 1. The van der Waals surface area contributed by atoms with Crippen LogP contribution in [0.5, 0.6) is 0 Å². The smallest absolute Gasteiger partial charge is 0.250 e. The molecule has 3 heterocycles. The summed E-state index contributed by atoms with van der Waals surface area (Å²) in [6, 6.07) is 11.4. The Kier molecular flexibility index (Phi) is 6.82. The zero-order chi connectivity index (χ0) is 21.0. The summed E-state index contributed by atoms with van der Waals surface area (Å²) >= 11 is 2.94. The highest BCUT2D eigenvalue weighted by Crippen LogP contribution is 2.23. The average molecular weight is 464 g/mol. The number of carbonyl (C=O) groups is 1. The molecule has 0 saturated carbocycles. The molecule has 1 aromatic carbocycles. The van der Waals surface area contributed by atoms with Crippen LogP contribution in [0.2, 0.25) is 0 Å². The first-order valence-electron chi connectivity index (χ1n) is 10.2. The number of piperidine rings is 1. The normalized spacial score (nSPS) is 15.7. The number of thiazole rings is 1. The molecule has 1 N–H and O–H groups in total. The zero-order valence-electron chi connectivity index (χ0n) is 16.6. The van der Waals surface area contributed by atoms with Gasteiger partial charge < -0.3 is 4.90 Å². The Bertz CT molecular complexity index is 1050. The van der Waals surface area contributed by atoms with Crippen LogP contribution in [-0.2, 0) is 21.2 Å². The number of hydrogen-bond acceptors (Lipinski definition) is 6. The van der Waals surface area contributed by atoms with Crippen LogP contribution >= 0.6 is 22.7 Å². The summed E-state index contributed by atoms with van der Waals surface area (Å²) in [6.45, 7) is 1.21. The Morgan fingerprint density at radius 2 is 1.93 bits per heavy atom. The van der Waals surface area contributed by atoms with Crippen LogP contribution < -0.4 is 4.72 Å². The summed E-state index contributed by atoms with van der Waals surface area (Å²) in [4.78, 5) is 19.0. The fourth-order valence-corrected chi connectivity index (χ4v) is 7.00. The molecule has 1 fully saturated rings. The molecule has 0 aliphatic carbocycles. The van der Waals surface area contributed by atoms with Gasteiger partial charge in [0, 0.05) is 25.6 Å². The molecule has 9 heteroatoms. The summed E-state index contributed by atoms with van der Waals surface area (Å²) in [5, 5.41) is 2.88. The Balaban J connectivity index is 1.17. The molecule has 160 valence electrons. The number of fused-ring (bicyclic) bond motifs is 1. The van der Waals surface area contributed by atoms with Gasteiger partial charge in [-0.15, -0.1) is 22.7 Å². The van der Waals surface area contributed by atoms with E-state index >= 15 is 0 Å². The van der Waals surface area contributed by atoms with Gasteiger partial charge in [0.2, 0.25) is 15.9 Å². The van der Waals surface area contributed by atoms with Gasteiger partial charge in [0.25, 0.3) is 0 Å². The van der Waals surface area contributed by atoms with E-state index in [-0.39, 0.29) is 11.9 Å². The molecule has 3 aromatic rings. The lowest BCUT2D eigenvalue weighted by atomic mass is 10.1. The van der Waals surface area contributed by atoms with Crippen LogP contribution in [0.1, 0.15) is 37.1 Å². The van der Waals surface area contributed by atoms with Crippen molar-refractivity contribution in [2.24, 2.45) is 0 Å². The van der Waals surface area contributed by atoms with E-state index in [9.17, 15) is 13.2 Å². The third-order valence-corrected chi connectivity index (χ3v) is 9.31. The lowest BCUT2D eigenvalue weighted by molar-refractivity contribution is -0.132. The van der Waals surface area contributed by atoms with Crippen molar-refractivity contribution < 1.29 is 13.2 Å². The van der Waals surface area contributed by atoms with Crippen molar-refractivity contribution in [3.8, 4) is 0 Å². The summed E-state index contributed by atoms with van der Waals surface area (Å²) in [6.07, 6.45) is 4.54. The summed E-state index contributed by atoms with van der Waals surface area (Å²) in [5.41, 5.74) is 1.05. The van der Waals surface area contributed by atoms with Gasteiger partial charge in [-0.25, -0.2) is 18.1 Å². The minimum absolute atomic E-state index is 0.111. The minimum Gasteiger partial charge on any atom is -0.343 e. The van der Waals surface area contributed by atoms with Gasteiger partial charge in [0.1, 0.15) is 4.21 Å². The monoisotopic (exact) mass is 463 g/mol. The number of carbonyl (C=O) groups excluding carboxylic acids is 1. The number of para-hydroxylation sites is 1. The summed E-state index contributed by atoms with van der Waals surface area (Å²) < 4.78 is 29.0. The maximum Gasteiger partial charge on any atom is 0.250 e. The predicted octanol–water partition coefficient (Wildman–Crippen LogP) is 4.04. The van der Waals surface area contributed by atoms with Gasteiger partial charge in [0.05, 0.1) is 15.2 Å². The number of nitrogens with one attached hydrogen (secondary N) is 1. The van der Waals surface area contributed by atoms with E-state index in [2.05, 4.69) is 15.8 Å². The second kappa shape index (κ2) is 9.55. The van der Waals surface area contributed by atoms with E-state index in [1.165, 1.54) is 16.0 Å². The molecular formula is C21H25N3O3S3. The molecule has 2 aromatic heterocycles. The van der Waals surface area contributed by atoms with E-state index in [0.29, 0.717) is 36.6 Å². The maximum absolute atomic E-state index is 12.5. The number of sulfonamides is 1. The van der Waals surface area contributed by atoms with Gasteiger partial charge in [0.15, 0.2) is 0 Å². The van der Waals surface area contributed by atoms with Crippen molar-refractivity contribution >= 4 is 48.8 Å². The van der Waals surface area contributed by atoms with Crippen molar-refractivity contribution in [3.05, 3.63) is 46.8 Å². The van der Waals surface area contributed by atoms with Gasteiger partial charge in [-0.3, -0.25) is 4.79 Å². The molecule has 30 heavy (non-hydrogen) atoms. The molecule has 0 unspecified atom stereocenters. The number of rotatable bonds is 8. The lowest BCUT2D eigenvalue weighted by Crippen LogP contribution is -2.46. The van der Waals surface area contributed by atoms with Crippen LogP contribution in [0, 0.1) is 0 Å². The minimum atomic E-state index is -3.45. The number of amides is 1. The Morgan fingerprint density at radius 3 is 2.67 bits per heavy atom. The standard InChI is InChI=1S/C21H25N3O3S3/c25-20(9-4-3-8-19-22-17-6-1-2-7-18(17)29-19)24-13-11-16(12-14-24)23-30(26,27)21-10-5-15-28-21/h1-2,5-7,10,15-16,23H,3-4,8-9,11-14H2. The number of nitrogens with zero attached hydrogens (tertiary/aromatic N) is 2. The highest BCUT2D eigenvalue weighted by molar-refractivity contribution is 7.91. The molecule has 6 nitrogen and oxygen atoms in total. The van der Waals surface area contributed by atoms with E-state index < -0.39 is 10.0 Å². The lowest BCUT2D eigenvalue weighted by Gasteiger charge is -2.32. The van der Waals surface area contributed by atoms with Gasteiger partial charge in [-0.1, -0.05) is 18.2 Å². The topological polar surface area (TPSA) is 79.4 Å².